The van der Waals surface area contributed by atoms with Gasteiger partial charge in [0.25, 0.3) is 0 Å². The Kier molecular flexibility index (Phi) is 2.87. The predicted octanol–water partition coefficient (Wildman–Crippen LogP) is 2.06. The number of rotatable bonds is 2. The molecular weight excluding hydrogens is 176 g/mol. The molecule has 3 heteroatoms. The van der Waals surface area contributed by atoms with E-state index in [1.165, 1.54) is 44.5 Å². The molecule has 0 aliphatic heterocycles. The van der Waals surface area contributed by atoms with E-state index in [-0.39, 0.29) is 0 Å². The van der Waals surface area contributed by atoms with Crippen LogP contribution in [-0.4, -0.2) is 6.04 Å². The molecule has 1 aliphatic carbocycles. The lowest BCUT2D eigenvalue weighted by atomic mass is 9.95. The van der Waals surface area contributed by atoms with Crippen LogP contribution in [0.1, 0.15) is 32.1 Å². The lowest BCUT2D eigenvalue weighted by molar-refractivity contribution is -0.605. The van der Waals surface area contributed by atoms with Gasteiger partial charge in [0.2, 0.25) is 0 Å². The molecule has 1 saturated carbocycles. The van der Waals surface area contributed by atoms with Gasteiger partial charge in [-0.15, -0.1) is 0 Å². The Morgan fingerprint density at radius 2 is 1.79 bits per heavy atom. The Hall–Kier alpha value is -1.25. The van der Waals surface area contributed by atoms with Gasteiger partial charge < -0.3 is 10.5 Å². The first-order valence-electron chi connectivity index (χ1n) is 5.30. The summed E-state index contributed by atoms with van der Waals surface area (Å²) in [6.07, 6.45) is 9.60. The summed E-state index contributed by atoms with van der Waals surface area (Å²) in [4.78, 5) is 0. The van der Waals surface area contributed by atoms with Crippen LogP contribution in [0.3, 0.4) is 0 Å². The smallest absolute Gasteiger partial charge is 0.182 e. The summed E-state index contributed by atoms with van der Waals surface area (Å²) in [5.74, 6) is 0. The maximum Gasteiger partial charge on any atom is 0.182 e. The van der Waals surface area contributed by atoms with Gasteiger partial charge in [0.05, 0.1) is 0 Å². The van der Waals surface area contributed by atoms with E-state index in [0.29, 0.717) is 6.04 Å². The van der Waals surface area contributed by atoms with E-state index in [9.17, 15) is 5.21 Å². The van der Waals surface area contributed by atoms with Crippen LogP contribution >= 0.6 is 0 Å². The molecule has 1 aliphatic rings. The van der Waals surface area contributed by atoms with E-state index in [1.54, 1.807) is 0 Å². The van der Waals surface area contributed by atoms with Crippen LogP contribution in [-0.2, 0) is 0 Å². The van der Waals surface area contributed by atoms with Gasteiger partial charge in [0, 0.05) is 23.9 Å². The Bertz CT molecular complexity index is 278. The highest BCUT2D eigenvalue weighted by Crippen LogP contribution is 2.20. The normalized spacial score (nSPS) is 18.0. The van der Waals surface area contributed by atoms with Gasteiger partial charge >= 0.3 is 0 Å². The Labute approximate surface area is 84.3 Å². The molecule has 1 aromatic heterocycles. The van der Waals surface area contributed by atoms with Gasteiger partial charge in [-0.1, -0.05) is 19.3 Å². The molecule has 0 saturated heterocycles. The van der Waals surface area contributed by atoms with E-state index in [4.69, 9.17) is 0 Å². The minimum absolute atomic E-state index is 0.603. The topological polar surface area (TPSA) is 39.0 Å². The molecule has 0 aromatic carbocycles. The molecule has 14 heavy (non-hydrogen) atoms. The van der Waals surface area contributed by atoms with E-state index in [1.807, 2.05) is 12.1 Å². The quantitative estimate of drug-likeness (QED) is 0.575. The SMILES string of the molecule is [O-][n+]1ccc(NC2CCCCC2)cc1. The van der Waals surface area contributed by atoms with Crippen molar-refractivity contribution in [3.05, 3.63) is 29.7 Å². The highest BCUT2D eigenvalue weighted by Gasteiger charge is 2.12. The first-order chi connectivity index (χ1) is 6.84. The second kappa shape index (κ2) is 4.31. The standard InChI is InChI=1S/C11H16N2O/c14-13-8-6-11(7-9-13)12-10-4-2-1-3-5-10/h6-10,12H,1-5H2. The molecule has 0 spiro atoms. The van der Waals surface area contributed by atoms with E-state index >= 15 is 0 Å². The average Bonchev–Trinajstić information content (AvgIpc) is 2.23. The van der Waals surface area contributed by atoms with Crippen molar-refractivity contribution >= 4 is 5.69 Å². The summed E-state index contributed by atoms with van der Waals surface area (Å²) in [7, 11) is 0. The molecular formula is C11H16N2O. The van der Waals surface area contributed by atoms with Crippen LogP contribution in [0.15, 0.2) is 24.5 Å². The summed E-state index contributed by atoms with van der Waals surface area (Å²) in [5, 5.41) is 14.3. The maximum atomic E-state index is 10.8. The third kappa shape index (κ3) is 2.37. The monoisotopic (exact) mass is 192 g/mol. The molecule has 0 amide bonds. The van der Waals surface area contributed by atoms with Crippen LogP contribution in [0.2, 0.25) is 0 Å². The lowest BCUT2D eigenvalue weighted by Gasteiger charge is -2.23. The third-order valence-electron chi connectivity index (χ3n) is 2.78. The number of nitrogens with one attached hydrogen (secondary N) is 1. The zero-order valence-electron chi connectivity index (χ0n) is 8.28. The van der Waals surface area contributed by atoms with E-state index in [2.05, 4.69) is 5.32 Å². The second-order valence-electron chi connectivity index (χ2n) is 3.93. The van der Waals surface area contributed by atoms with Gasteiger partial charge in [-0.2, -0.15) is 4.73 Å². The van der Waals surface area contributed by atoms with Gasteiger partial charge in [-0.3, -0.25) is 0 Å². The van der Waals surface area contributed by atoms with Crippen molar-refractivity contribution in [1.82, 2.24) is 0 Å². The second-order valence-corrected chi connectivity index (χ2v) is 3.93. The fourth-order valence-corrected chi connectivity index (χ4v) is 1.99. The van der Waals surface area contributed by atoms with E-state index < -0.39 is 0 Å². The molecule has 2 rings (SSSR count). The first kappa shape index (κ1) is 9.31. The van der Waals surface area contributed by atoms with Crippen molar-refractivity contribution in [2.75, 3.05) is 5.32 Å². The van der Waals surface area contributed by atoms with E-state index in [0.717, 1.165) is 10.4 Å². The third-order valence-corrected chi connectivity index (χ3v) is 2.78. The molecule has 0 bridgehead atoms. The number of pyridine rings is 1. The molecule has 0 atom stereocenters. The lowest BCUT2D eigenvalue weighted by Crippen LogP contribution is -2.26. The van der Waals surface area contributed by atoms with Gasteiger partial charge in [-0.25, -0.2) is 0 Å². The molecule has 3 nitrogen and oxygen atoms in total. The van der Waals surface area contributed by atoms with Gasteiger partial charge in [-0.05, 0) is 12.8 Å². The summed E-state index contributed by atoms with van der Waals surface area (Å²) in [6.45, 7) is 0. The Morgan fingerprint density at radius 3 is 2.43 bits per heavy atom. The van der Waals surface area contributed by atoms with Crippen LogP contribution in [0, 0.1) is 5.21 Å². The maximum absolute atomic E-state index is 10.8. The number of hydrogen-bond acceptors (Lipinski definition) is 2. The molecule has 76 valence electrons. The van der Waals surface area contributed by atoms with Crippen molar-refractivity contribution in [3.8, 4) is 0 Å². The summed E-state index contributed by atoms with van der Waals surface area (Å²) >= 11 is 0. The fraction of sp³-hybridized carbons (Fsp3) is 0.545. The van der Waals surface area contributed by atoms with Crippen molar-refractivity contribution < 1.29 is 4.73 Å². The predicted molar refractivity (Wildman–Crippen MR) is 55.9 cm³/mol. The number of aromatic nitrogens is 1. The Balaban J connectivity index is 1.92. The molecule has 1 fully saturated rings. The first-order valence-corrected chi connectivity index (χ1v) is 5.30. The summed E-state index contributed by atoms with van der Waals surface area (Å²) in [5.41, 5.74) is 1.06. The molecule has 1 aromatic rings. The van der Waals surface area contributed by atoms with Crippen molar-refractivity contribution in [2.24, 2.45) is 0 Å². The highest BCUT2D eigenvalue weighted by atomic mass is 16.5. The average molecular weight is 192 g/mol. The highest BCUT2D eigenvalue weighted by molar-refractivity contribution is 5.40. The minimum atomic E-state index is 0.603. The van der Waals surface area contributed by atoms with Crippen LogP contribution in [0.5, 0.6) is 0 Å². The molecule has 0 unspecified atom stereocenters. The van der Waals surface area contributed by atoms with Gasteiger partial charge in [0.1, 0.15) is 0 Å². The number of anilines is 1. The van der Waals surface area contributed by atoms with Crippen LogP contribution in [0.25, 0.3) is 0 Å². The van der Waals surface area contributed by atoms with Crippen LogP contribution in [0.4, 0.5) is 5.69 Å². The summed E-state index contributed by atoms with van der Waals surface area (Å²) < 4.78 is 0.812. The fourth-order valence-electron chi connectivity index (χ4n) is 1.99. The van der Waals surface area contributed by atoms with Crippen molar-refractivity contribution in [2.45, 2.75) is 38.1 Å². The molecule has 1 N–H and O–H groups in total. The Morgan fingerprint density at radius 1 is 1.14 bits per heavy atom. The van der Waals surface area contributed by atoms with Crippen molar-refractivity contribution in [3.63, 3.8) is 0 Å². The number of nitrogens with zero attached hydrogens (tertiary/aromatic N) is 1. The largest absolute Gasteiger partial charge is 0.619 e. The zero-order valence-corrected chi connectivity index (χ0v) is 8.28. The van der Waals surface area contributed by atoms with Crippen LogP contribution < -0.4 is 10.0 Å². The minimum Gasteiger partial charge on any atom is -0.619 e. The molecule has 1 heterocycles. The van der Waals surface area contributed by atoms with Gasteiger partial charge in [0.15, 0.2) is 12.4 Å². The van der Waals surface area contributed by atoms with Crippen molar-refractivity contribution in [1.29, 1.82) is 0 Å². The number of hydrogen-bond donors (Lipinski definition) is 1. The summed E-state index contributed by atoms with van der Waals surface area (Å²) in [6, 6.07) is 4.27. The zero-order chi connectivity index (χ0) is 9.80. The molecule has 0 radical (unpaired) electrons.